The molecule has 1 aromatic rings. The van der Waals surface area contributed by atoms with Gasteiger partial charge in [-0.1, -0.05) is 13.8 Å². The van der Waals surface area contributed by atoms with E-state index in [1.54, 1.807) is 18.0 Å². The fourth-order valence-electron chi connectivity index (χ4n) is 1.86. The summed E-state index contributed by atoms with van der Waals surface area (Å²) < 4.78 is 5.51. The van der Waals surface area contributed by atoms with Crippen LogP contribution >= 0.6 is 0 Å². The minimum Gasteiger partial charge on any atom is -0.481 e. The number of amides is 1. The Kier molecular flexibility index (Phi) is 2.50. The van der Waals surface area contributed by atoms with Crippen molar-refractivity contribution in [3.05, 3.63) is 17.7 Å². The lowest BCUT2D eigenvalue weighted by atomic mass is 9.99. The Morgan fingerprint density at radius 1 is 1.44 bits per heavy atom. The molecule has 0 aliphatic carbocycles. The monoisotopic (exact) mass is 220 g/mol. The first-order valence-electron chi connectivity index (χ1n) is 5.33. The molecular formula is C12H16N2O2. The molecule has 2 N–H and O–H groups in total. The Hall–Kier alpha value is -1.71. The third kappa shape index (κ3) is 1.60. The number of anilines is 2. The number of hydrogen-bond donors (Lipinski definition) is 1. The number of likely N-dealkylation sites (N-methyl/N-ethyl adjacent to an activating group) is 1. The molecular weight excluding hydrogens is 204 g/mol. The molecule has 0 unspecified atom stereocenters. The summed E-state index contributed by atoms with van der Waals surface area (Å²) in [7, 11) is 1.74. The van der Waals surface area contributed by atoms with Gasteiger partial charge in [0.05, 0.1) is 5.69 Å². The van der Waals surface area contributed by atoms with Crippen LogP contribution in [0.5, 0.6) is 5.75 Å². The SMILES string of the molecule is CC(C)c1cc(N)cc2c1OCC(=O)N2C. The molecule has 4 nitrogen and oxygen atoms in total. The molecule has 0 spiro atoms. The largest absolute Gasteiger partial charge is 0.481 e. The zero-order valence-electron chi connectivity index (χ0n) is 9.78. The molecule has 16 heavy (non-hydrogen) atoms. The highest BCUT2D eigenvalue weighted by Crippen LogP contribution is 2.40. The Morgan fingerprint density at radius 3 is 2.75 bits per heavy atom. The van der Waals surface area contributed by atoms with Crippen LogP contribution in [0, 0.1) is 0 Å². The van der Waals surface area contributed by atoms with Gasteiger partial charge in [-0.15, -0.1) is 0 Å². The van der Waals surface area contributed by atoms with Crippen LogP contribution < -0.4 is 15.4 Å². The van der Waals surface area contributed by atoms with Gasteiger partial charge in [-0.05, 0) is 18.1 Å². The second-order valence-electron chi connectivity index (χ2n) is 4.35. The summed E-state index contributed by atoms with van der Waals surface area (Å²) in [6, 6.07) is 3.69. The maximum Gasteiger partial charge on any atom is 0.264 e. The molecule has 0 radical (unpaired) electrons. The lowest BCUT2D eigenvalue weighted by molar-refractivity contribution is -0.121. The number of carbonyl (C=O) groups is 1. The van der Waals surface area contributed by atoms with Crippen LogP contribution in [0.25, 0.3) is 0 Å². The van der Waals surface area contributed by atoms with Gasteiger partial charge in [0, 0.05) is 18.3 Å². The predicted molar refractivity (Wildman–Crippen MR) is 63.8 cm³/mol. The van der Waals surface area contributed by atoms with Crippen molar-refractivity contribution in [2.24, 2.45) is 0 Å². The number of hydrogen-bond acceptors (Lipinski definition) is 3. The van der Waals surface area contributed by atoms with Crippen LogP contribution in [0.15, 0.2) is 12.1 Å². The van der Waals surface area contributed by atoms with Crippen LogP contribution in [-0.2, 0) is 4.79 Å². The molecule has 0 atom stereocenters. The van der Waals surface area contributed by atoms with E-state index in [1.807, 2.05) is 6.07 Å². The molecule has 4 heteroatoms. The van der Waals surface area contributed by atoms with Crippen LogP contribution in [0.1, 0.15) is 25.3 Å². The maximum absolute atomic E-state index is 11.5. The van der Waals surface area contributed by atoms with Crippen molar-refractivity contribution >= 4 is 17.3 Å². The molecule has 0 bridgehead atoms. The van der Waals surface area contributed by atoms with Gasteiger partial charge in [0.1, 0.15) is 5.75 Å². The summed E-state index contributed by atoms with van der Waals surface area (Å²) in [6.07, 6.45) is 0. The zero-order chi connectivity index (χ0) is 11.9. The molecule has 1 aliphatic rings. The van der Waals surface area contributed by atoms with Crippen molar-refractivity contribution in [3.63, 3.8) is 0 Å². The van der Waals surface area contributed by atoms with Gasteiger partial charge >= 0.3 is 0 Å². The van der Waals surface area contributed by atoms with Crippen molar-refractivity contribution in [2.75, 3.05) is 24.3 Å². The van der Waals surface area contributed by atoms with Gasteiger partial charge in [-0.25, -0.2) is 0 Å². The van der Waals surface area contributed by atoms with Gasteiger partial charge in [-0.2, -0.15) is 0 Å². The average molecular weight is 220 g/mol. The van der Waals surface area contributed by atoms with E-state index in [-0.39, 0.29) is 12.5 Å². The van der Waals surface area contributed by atoms with Crippen LogP contribution in [-0.4, -0.2) is 19.6 Å². The van der Waals surface area contributed by atoms with E-state index >= 15 is 0 Å². The smallest absolute Gasteiger partial charge is 0.264 e. The van der Waals surface area contributed by atoms with Gasteiger partial charge in [0.25, 0.3) is 5.91 Å². The zero-order valence-corrected chi connectivity index (χ0v) is 9.78. The third-order valence-corrected chi connectivity index (χ3v) is 2.82. The van der Waals surface area contributed by atoms with Crippen LogP contribution in [0.2, 0.25) is 0 Å². The van der Waals surface area contributed by atoms with E-state index in [0.717, 1.165) is 17.0 Å². The molecule has 86 valence electrons. The molecule has 0 fully saturated rings. The molecule has 1 aliphatic heterocycles. The molecule has 0 aromatic heterocycles. The second-order valence-corrected chi connectivity index (χ2v) is 4.35. The highest BCUT2D eigenvalue weighted by Gasteiger charge is 2.25. The number of ether oxygens (including phenoxy) is 1. The highest BCUT2D eigenvalue weighted by molar-refractivity contribution is 5.98. The summed E-state index contributed by atoms with van der Waals surface area (Å²) in [5.41, 5.74) is 8.31. The summed E-state index contributed by atoms with van der Waals surface area (Å²) in [4.78, 5) is 13.1. The topological polar surface area (TPSA) is 55.6 Å². The number of carbonyl (C=O) groups excluding carboxylic acids is 1. The van der Waals surface area contributed by atoms with Crippen molar-refractivity contribution in [2.45, 2.75) is 19.8 Å². The lowest BCUT2D eigenvalue weighted by Crippen LogP contribution is -2.36. The standard InChI is InChI=1S/C12H16N2O2/c1-7(2)9-4-8(13)5-10-12(9)16-6-11(15)14(10)3/h4-5,7H,6,13H2,1-3H3. The Morgan fingerprint density at radius 2 is 2.12 bits per heavy atom. The summed E-state index contributed by atoms with van der Waals surface area (Å²) in [5.74, 6) is 1.05. The highest BCUT2D eigenvalue weighted by atomic mass is 16.5. The summed E-state index contributed by atoms with van der Waals surface area (Å²) >= 11 is 0. The van der Waals surface area contributed by atoms with E-state index in [9.17, 15) is 4.79 Å². The first kappa shape index (κ1) is 10.8. The Balaban J connectivity index is 2.60. The van der Waals surface area contributed by atoms with Gasteiger partial charge < -0.3 is 15.4 Å². The number of rotatable bonds is 1. The first-order valence-corrected chi connectivity index (χ1v) is 5.33. The van der Waals surface area contributed by atoms with E-state index in [0.29, 0.717) is 11.6 Å². The summed E-state index contributed by atoms with van der Waals surface area (Å²) in [5, 5.41) is 0. The normalized spacial score (nSPS) is 15.0. The van der Waals surface area contributed by atoms with Gasteiger partial charge in [0.15, 0.2) is 6.61 Å². The van der Waals surface area contributed by atoms with Crippen molar-refractivity contribution < 1.29 is 9.53 Å². The lowest BCUT2D eigenvalue weighted by Gasteiger charge is -2.29. The number of nitrogens with zero attached hydrogens (tertiary/aromatic N) is 1. The second kappa shape index (κ2) is 3.70. The molecule has 0 saturated heterocycles. The average Bonchev–Trinajstić information content (AvgIpc) is 2.23. The number of fused-ring (bicyclic) bond motifs is 1. The van der Waals surface area contributed by atoms with E-state index < -0.39 is 0 Å². The Labute approximate surface area is 95.0 Å². The van der Waals surface area contributed by atoms with Crippen LogP contribution in [0.4, 0.5) is 11.4 Å². The van der Waals surface area contributed by atoms with Crippen LogP contribution in [0.3, 0.4) is 0 Å². The minimum absolute atomic E-state index is 0.0483. The van der Waals surface area contributed by atoms with E-state index in [1.165, 1.54) is 0 Å². The minimum atomic E-state index is -0.0483. The third-order valence-electron chi connectivity index (χ3n) is 2.82. The van der Waals surface area contributed by atoms with E-state index in [2.05, 4.69) is 13.8 Å². The quantitative estimate of drug-likeness (QED) is 0.733. The number of benzene rings is 1. The molecule has 1 amide bonds. The number of nitrogens with two attached hydrogens (primary N) is 1. The first-order chi connectivity index (χ1) is 7.50. The van der Waals surface area contributed by atoms with E-state index in [4.69, 9.17) is 10.5 Å². The van der Waals surface area contributed by atoms with Crippen molar-refractivity contribution in [1.82, 2.24) is 0 Å². The molecule has 1 heterocycles. The van der Waals surface area contributed by atoms with Gasteiger partial charge in [-0.3, -0.25) is 4.79 Å². The van der Waals surface area contributed by atoms with Crippen molar-refractivity contribution in [3.8, 4) is 5.75 Å². The number of nitrogen functional groups attached to an aromatic ring is 1. The fourth-order valence-corrected chi connectivity index (χ4v) is 1.86. The molecule has 1 aromatic carbocycles. The fraction of sp³-hybridized carbons (Fsp3) is 0.417. The summed E-state index contributed by atoms with van der Waals surface area (Å²) in [6.45, 7) is 4.26. The molecule has 0 saturated carbocycles. The maximum atomic E-state index is 11.5. The van der Waals surface area contributed by atoms with Gasteiger partial charge in [0.2, 0.25) is 0 Å². The Bertz CT molecular complexity index is 441. The van der Waals surface area contributed by atoms with Crippen molar-refractivity contribution in [1.29, 1.82) is 0 Å². The molecule has 2 rings (SSSR count). The predicted octanol–water partition coefficient (Wildman–Crippen LogP) is 1.75.